The zero-order valence-corrected chi connectivity index (χ0v) is 13.5. The standard InChI is InChI=1S/C16H25FN2O2/c1-16(2,3)18-11-12-8-13(17)10-14(9-12)21-7-6-15(20)19(4)5/h8-10,18H,6-7,11H2,1-5H3. The van der Waals surface area contributed by atoms with Gasteiger partial charge in [0.1, 0.15) is 11.6 Å². The summed E-state index contributed by atoms with van der Waals surface area (Å²) in [7, 11) is 3.39. The molecule has 0 aliphatic carbocycles. The average Bonchev–Trinajstić information content (AvgIpc) is 2.34. The Bertz CT molecular complexity index is 482. The van der Waals surface area contributed by atoms with Gasteiger partial charge >= 0.3 is 0 Å². The molecule has 0 saturated carbocycles. The normalized spacial score (nSPS) is 11.3. The average molecular weight is 296 g/mol. The molecule has 0 aliphatic heterocycles. The fourth-order valence-corrected chi connectivity index (χ4v) is 1.65. The second-order valence-corrected chi connectivity index (χ2v) is 6.29. The van der Waals surface area contributed by atoms with E-state index in [4.69, 9.17) is 4.74 Å². The second kappa shape index (κ2) is 7.41. The first-order valence-electron chi connectivity index (χ1n) is 7.05. The van der Waals surface area contributed by atoms with Crippen LogP contribution in [0.4, 0.5) is 4.39 Å². The summed E-state index contributed by atoms with van der Waals surface area (Å²) in [5.74, 6) is 0.102. The van der Waals surface area contributed by atoms with Crippen molar-refractivity contribution in [3.63, 3.8) is 0 Å². The van der Waals surface area contributed by atoms with Crippen LogP contribution in [0.2, 0.25) is 0 Å². The van der Waals surface area contributed by atoms with Crippen LogP contribution in [0.1, 0.15) is 32.8 Å². The minimum absolute atomic E-state index is 0.0129. The molecular weight excluding hydrogens is 271 g/mol. The van der Waals surface area contributed by atoms with Crippen LogP contribution in [0.5, 0.6) is 5.75 Å². The second-order valence-electron chi connectivity index (χ2n) is 6.29. The van der Waals surface area contributed by atoms with Crippen LogP contribution in [0.15, 0.2) is 18.2 Å². The minimum atomic E-state index is -0.336. The first kappa shape index (κ1) is 17.4. The topological polar surface area (TPSA) is 41.6 Å². The van der Waals surface area contributed by atoms with Gasteiger partial charge in [0.2, 0.25) is 5.91 Å². The highest BCUT2D eigenvalue weighted by Gasteiger charge is 2.10. The number of carbonyl (C=O) groups is 1. The molecule has 0 fully saturated rings. The molecule has 118 valence electrons. The van der Waals surface area contributed by atoms with Crippen molar-refractivity contribution in [2.75, 3.05) is 20.7 Å². The van der Waals surface area contributed by atoms with Crippen molar-refractivity contribution in [1.29, 1.82) is 0 Å². The van der Waals surface area contributed by atoms with Gasteiger partial charge in [-0.1, -0.05) is 0 Å². The molecule has 0 spiro atoms. The summed E-state index contributed by atoms with van der Waals surface area (Å²) in [5, 5.41) is 3.30. The Hall–Kier alpha value is -1.62. The molecule has 0 bridgehead atoms. The highest BCUT2D eigenvalue weighted by molar-refractivity contribution is 5.75. The number of ether oxygens (including phenoxy) is 1. The zero-order valence-electron chi connectivity index (χ0n) is 13.5. The molecule has 1 amide bonds. The lowest BCUT2D eigenvalue weighted by atomic mass is 10.1. The Morgan fingerprint density at radius 3 is 2.52 bits per heavy atom. The summed E-state index contributed by atoms with van der Waals surface area (Å²) in [5.41, 5.74) is 0.782. The molecule has 21 heavy (non-hydrogen) atoms. The van der Waals surface area contributed by atoms with Crippen molar-refractivity contribution in [3.8, 4) is 5.75 Å². The molecule has 0 heterocycles. The third kappa shape index (κ3) is 7.09. The van der Waals surface area contributed by atoms with Gasteiger partial charge in [-0.05, 0) is 38.5 Å². The van der Waals surface area contributed by atoms with E-state index in [1.165, 1.54) is 17.0 Å². The summed E-state index contributed by atoms with van der Waals surface area (Å²) in [6.07, 6.45) is 0.277. The van der Waals surface area contributed by atoms with E-state index < -0.39 is 0 Å². The van der Waals surface area contributed by atoms with Gasteiger partial charge in [-0.3, -0.25) is 4.79 Å². The number of halogens is 1. The molecule has 1 rings (SSSR count). The zero-order chi connectivity index (χ0) is 16.0. The largest absolute Gasteiger partial charge is 0.493 e. The van der Waals surface area contributed by atoms with Crippen molar-refractivity contribution < 1.29 is 13.9 Å². The summed E-state index contributed by atoms with van der Waals surface area (Å²) >= 11 is 0. The van der Waals surface area contributed by atoms with Crippen molar-refractivity contribution >= 4 is 5.91 Å². The predicted octanol–water partition coefficient (Wildman–Crippen LogP) is 2.57. The fourth-order valence-electron chi connectivity index (χ4n) is 1.65. The van der Waals surface area contributed by atoms with Crippen LogP contribution >= 0.6 is 0 Å². The monoisotopic (exact) mass is 296 g/mol. The summed E-state index contributed by atoms with van der Waals surface area (Å²) in [6, 6.07) is 4.61. The fraction of sp³-hybridized carbons (Fsp3) is 0.562. The van der Waals surface area contributed by atoms with Gasteiger partial charge < -0.3 is 15.0 Å². The van der Waals surface area contributed by atoms with Gasteiger partial charge in [-0.2, -0.15) is 0 Å². The van der Waals surface area contributed by atoms with Crippen LogP contribution in [0.3, 0.4) is 0 Å². The number of rotatable bonds is 6. The summed E-state index contributed by atoms with van der Waals surface area (Å²) in [4.78, 5) is 12.9. The lowest BCUT2D eigenvalue weighted by Crippen LogP contribution is -2.35. The number of benzene rings is 1. The van der Waals surface area contributed by atoms with Gasteiger partial charge in [0.05, 0.1) is 13.0 Å². The molecule has 0 atom stereocenters. The molecule has 4 nitrogen and oxygen atoms in total. The Morgan fingerprint density at radius 1 is 1.29 bits per heavy atom. The number of nitrogens with one attached hydrogen (secondary N) is 1. The first-order valence-corrected chi connectivity index (χ1v) is 7.05. The number of carbonyl (C=O) groups excluding carboxylic acids is 1. The van der Waals surface area contributed by atoms with E-state index >= 15 is 0 Å². The maximum absolute atomic E-state index is 13.6. The molecule has 0 aliphatic rings. The van der Waals surface area contributed by atoms with E-state index in [-0.39, 0.29) is 30.3 Å². The van der Waals surface area contributed by atoms with Crippen molar-refractivity contribution in [2.24, 2.45) is 0 Å². The molecular formula is C16H25FN2O2. The molecule has 1 aromatic carbocycles. The number of nitrogens with zero attached hydrogens (tertiary/aromatic N) is 1. The molecule has 1 N–H and O–H groups in total. The van der Waals surface area contributed by atoms with Gasteiger partial charge in [0, 0.05) is 32.2 Å². The Morgan fingerprint density at radius 2 is 1.95 bits per heavy atom. The number of hydrogen-bond donors (Lipinski definition) is 1. The van der Waals surface area contributed by atoms with E-state index in [9.17, 15) is 9.18 Å². The maximum atomic E-state index is 13.6. The van der Waals surface area contributed by atoms with Gasteiger partial charge in [0.15, 0.2) is 0 Å². The van der Waals surface area contributed by atoms with E-state index in [0.29, 0.717) is 12.3 Å². The number of amides is 1. The first-order chi connectivity index (χ1) is 9.67. The lowest BCUT2D eigenvalue weighted by Gasteiger charge is -2.20. The molecule has 5 heteroatoms. The van der Waals surface area contributed by atoms with Crippen LogP contribution in [0.25, 0.3) is 0 Å². The van der Waals surface area contributed by atoms with Gasteiger partial charge in [-0.15, -0.1) is 0 Å². The molecule has 0 unspecified atom stereocenters. The minimum Gasteiger partial charge on any atom is -0.493 e. The van der Waals surface area contributed by atoms with Gasteiger partial charge in [-0.25, -0.2) is 4.39 Å². The molecule has 1 aromatic rings. The lowest BCUT2D eigenvalue weighted by molar-refractivity contribution is -0.129. The summed E-state index contributed by atoms with van der Waals surface area (Å²) < 4.78 is 19.0. The van der Waals surface area contributed by atoms with Crippen molar-refractivity contribution in [3.05, 3.63) is 29.6 Å². The molecule has 0 radical (unpaired) electrons. The Balaban J connectivity index is 2.59. The van der Waals surface area contributed by atoms with Gasteiger partial charge in [0.25, 0.3) is 0 Å². The predicted molar refractivity (Wildman–Crippen MR) is 81.8 cm³/mol. The molecule has 0 saturated heterocycles. The third-order valence-corrected chi connectivity index (χ3v) is 2.84. The van der Waals surface area contributed by atoms with E-state index in [2.05, 4.69) is 26.1 Å². The SMILES string of the molecule is CN(C)C(=O)CCOc1cc(F)cc(CNC(C)(C)C)c1. The van der Waals surface area contributed by atoms with Crippen LogP contribution in [0, 0.1) is 5.82 Å². The summed E-state index contributed by atoms with van der Waals surface area (Å²) in [6.45, 7) is 6.96. The Labute approximate surface area is 126 Å². The maximum Gasteiger partial charge on any atom is 0.225 e. The van der Waals surface area contributed by atoms with E-state index in [1.807, 2.05) is 0 Å². The highest BCUT2D eigenvalue weighted by atomic mass is 19.1. The van der Waals surface area contributed by atoms with Crippen LogP contribution in [-0.2, 0) is 11.3 Å². The number of hydrogen-bond acceptors (Lipinski definition) is 3. The van der Waals surface area contributed by atoms with Crippen molar-refractivity contribution in [1.82, 2.24) is 10.2 Å². The van der Waals surface area contributed by atoms with Crippen LogP contribution < -0.4 is 10.1 Å². The van der Waals surface area contributed by atoms with Crippen molar-refractivity contribution in [2.45, 2.75) is 39.3 Å². The molecule has 0 aromatic heterocycles. The Kier molecular flexibility index (Phi) is 6.15. The van der Waals surface area contributed by atoms with E-state index in [0.717, 1.165) is 5.56 Å². The highest BCUT2D eigenvalue weighted by Crippen LogP contribution is 2.17. The van der Waals surface area contributed by atoms with E-state index in [1.54, 1.807) is 20.2 Å². The quantitative estimate of drug-likeness (QED) is 0.877. The third-order valence-electron chi connectivity index (χ3n) is 2.84. The van der Waals surface area contributed by atoms with Crippen LogP contribution in [-0.4, -0.2) is 37.0 Å². The smallest absolute Gasteiger partial charge is 0.225 e.